The fraction of sp³-hybridized carbons (Fsp3) is 0.842. The van der Waals surface area contributed by atoms with Crippen molar-refractivity contribution in [1.29, 1.82) is 0 Å². The molecule has 31 heavy (non-hydrogen) atoms. The first-order chi connectivity index (χ1) is 14.1. The summed E-state index contributed by atoms with van der Waals surface area (Å²) in [5.41, 5.74) is -1.44. The van der Waals surface area contributed by atoms with Gasteiger partial charge in [-0.25, -0.2) is 8.42 Å². The molecule has 2 atom stereocenters. The topological polar surface area (TPSA) is 156 Å². The molecule has 2 unspecified atom stereocenters. The second-order valence-corrected chi connectivity index (χ2v) is 9.20. The van der Waals surface area contributed by atoms with Gasteiger partial charge in [-0.15, -0.1) is 0 Å². The van der Waals surface area contributed by atoms with E-state index in [9.17, 15) is 32.5 Å². The zero-order valence-corrected chi connectivity index (χ0v) is 22.2. The fourth-order valence-electron chi connectivity index (χ4n) is 2.86. The molecule has 1 saturated heterocycles. The standard InChI is InChI=1S/C19H32O10S.K/c1-2-3-4-5-6-7-8-9-16(21)27-12-19(11-20)13-28-17(22)10-15(30(24,25)26)18(23)29-14-19;/h15,20H,2-14H2,1H3,(H,24,25,26);/q;+1/p-1. The molecule has 0 spiro atoms. The Labute approximate surface area is 225 Å². The molecule has 1 rings (SSSR count). The third kappa shape index (κ3) is 12.1. The molecule has 10 nitrogen and oxygen atoms in total. The molecule has 0 aromatic carbocycles. The summed E-state index contributed by atoms with van der Waals surface area (Å²) in [6, 6.07) is 0. The summed E-state index contributed by atoms with van der Waals surface area (Å²) in [7, 11) is -5.13. The van der Waals surface area contributed by atoms with Crippen LogP contribution in [0.25, 0.3) is 0 Å². The Hall–Kier alpha value is -0.0836. The van der Waals surface area contributed by atoms with Gasteiger partial charge in [0.15, 0.2) is 5.25 Å². The van der Waals surface area contributed by atoms with E-state index < -0.39 is 71.5 Å². The predicted octanol–water partition coefficient (Wildman–Crippen LogP) is -1.94. The molecular formula is C19H31KO10S. The molecule has 1 fully saturated rings. The van der Waals surface area contributed by atoms with Gasteiger partial charge < -0.3 is 23.9 Å². The van der Waals surface area contributed by atoms with E-state index >= 15 is 0 Å². The Morgan fingerprint density at radius 2 is 1.71 bits per heavy atom. The molecule has 1 aliphatic rings. The Kier molecular flexibility index (Phi) is 15.7. The average molecular weight is 491 g/mol. The third-order valence-electron chi connectivity index (χ3n) is 4.88. The van der Waals surface area contributed by atoms with Gasteiger partial charge in [-0.2, -0.15) is 0 Å². The van der Waals surface area contributed by atoms with E-state index in [0.717, 1.165) is 25.7 Å². The summed E-state index contributed by atoms with van der Waals surface area (Å²) in [5, 5.41) is 7.50. The smallest absolute Gasteiger partial charge is 0.747 e. The van der Waals surface area contributed by atoms with Crippen LogP contribution in [0, 0.1) is 5.41 Å². The number of carbonyl (C=O) groups is 3. The van der Waals surface area contributed by atoms with Gasteiger partial charge in [0.25, 0.3) is 0 Å². The molecule has 0 aliphatic carbocycles. The fourth-order valence-corrected chi connectivity index (χ4v) is 3.50. The third-order valence-corrected chi connectivity index (χ3v) is 5.94. The summed E-state index contributed by atoms with van der Waals surface area (Å²) in [4.78, 5) is 35.7. The maximum absolute atomic E-state index is 12.0. The molecule has 0 aromatic rings. The summed E-state index contributed by atoms with van der Waals surface area (Å²) in [6.45, 7) is 0.0401. The van der Waals surface area contributed by atoms with E-state index in [0.29, 0.717) is 6.42 Å². The van der Waals surface area contributed by atoms with Crippen molar-refractivity contribution in [3.05, 3.63) is 0 Å². The van der Waals surface area contributed by atoms with E-state index in [-0.39, 0.29) is 57.8 Å². The number of hydrogen-bond donors (Lipinski definition) is 1. The normalized spacial score (nSPS) is 22.2. The van der Waals surface area contributed by atoms with Crippen LogP contribution in [-0.4, -0.2) is 67.7 Å². The van der Waals surface area contributed by atoms with Gasteiger partial charge in [-0.3, -0.25) is 14.4 Å². The van der Waals surface area contributed by atoms with Gasteiger partial charge in [-0.05, 0) is 6.42 Å². The minimum atomic E-state index is -5.13. The summed E-state index contributed by atoms with van der Waals surface area (Å²) in [5.74, 6) is -3.02. The van der Waals surface area contributed by atoms with Crippen LogP contribution in [0.2, 0.25) is 0 Å². The number of carbonyl (C=O) groups excluding carboxylic acids is 3. The minimum absolute atomic E-state index is 0. The molecule has 1 aliphatic heterocycles. The van der Waals surface area contributed by atoms with E-state index in [1.54, 1.807) is 0 Å². The van der Waals surface area contributed by atoms with Crippen molar-refractivity contribution in [3.8, 4) is 0 Å². The van der Waals surface area contributed by atoms with E-state index in [1.807, 2.05) is 0 Å². The van der Waals surface area contributed by atoms with Crippen LogP contribution < -0.4 is 51.4 Å². The number of esters is 3. The second-order valence-electron chi connectivity index (χ2n) is 7.64. The van der Waals surface area contributed by atoms with Crippen molar-refractivity contribution >= 4 is 28.0 Å². The molecule has 12 heteroatoms. The maximum Gasteiger partial charge on any atom is 1.00 e. The van der Waals surface area contributed by atoms with Crippen LogP contribution in [0.15, 0.2) is 0 Å². The van der Waals surface area contributed by atoms with Gasteiger partial charge in [0.2, 0.25) is 0 Å². The number of aliphatic hydroxyl groups excluding tert-OH is 1. The predicted molar refractivity (Wildman–Crippen MR) is 103 cm³/mol. The van der Waals surface area contributed by atoms with E-state index in [2.05, 4.69) is 6.92 Å². The summed E-state index contributed by atoms with van der Waals surface area (Å²) < 4.78 is 48.4. The first kappa shape index (κ1) is 30.9. The van der Waals surface area contributed by atoms with Gasteiger partial charge >= 0.3 is 69.3 Å². The maximum atomic E-state index is 12.0. The molecule has 0 amide bonds. The molecule has 174 valence electrons. The largest absolute Gasteiger partial charge is 1.00 e. The van der Waals surface area contributed by atoms with Gasteiger partial charge in [0.1, 0.15) is 29.9 Å². The number of unbranched alkanes of at least 4 members (excludes halogenated alkanes) is 6. The molecule has 0 radical (unpaired) electrons. The molecule has 1 heterocycles. The number of aliphatic hydroxyl groups is 1. The zero-order chi connectivity index (χ0) is 22.6. The first-order valence-corrected chi connectivity index (χ1v) is 11.6. The molecule has 0 bridgehead atoms. The Morgan fingerprint density at radius 3 is 2.29 bits per heavy atom. The van der Waals surface area contributed by atoms with Crippen LogP contribution in [0.5, 0.6) is 0 Å². The number of hydrogen-bond acceptors (Lipinski definition) is 10. The summed E-state index contributed by atoms with van der Waals surface area (Å²) >= 11 is 0. The van der Waals surface area contributed by atoms with Gasteiger partial charge in [0, 0.05) is 6.42 Å². The Bertz CT molecular complexity index is 681. The Balaban J connectivity index is 0.00000900. The zero-order valence-electron chi connectivity index (χ0n) is 18.3. The van der Waals surface area contributed by atoms with E-state index in [4.69, 9.17) is 14.2 Å². The quantitative estimate of drug-likeness (QED) is 0.107. The van der Waals surface area contributed by atoms with Gasteiger partial charge in [-0.1, -0.05) is 45.4 Å². The van der Waals surface area contributed by atoms with Crippen molar-refractivity contribution in [3.63, 3.8) is 0 Å². The van der Waals surface area contributed by atoms with Crippen molar-refractivity contribution < 1.29 is 98.1 Å². The van der Waals surface area contributed by atoms with Crippen molar-refractivity contribution in [2.75, 3.05) is 26.4 Å². The van der Waals surface area contributed by atoms with Gasteiger partial charge in [0.05, 0.1) is 18.4 Å². The van der Waals surface area contributed by atoms with Crippen LogP contribution in [0.1, 0.15) is 64.7 Å². The SMILES string of the molecule is CCCCCCCCCC(=O)OCC1(CO)COC(=O)CC(S(=O)(=O)[O-])C(=O)OC1.[K+]. The van der Waals surface area contributed by atoms with Crippen LogP contribution in [-0.2, 0) is 38.7 Å². The van der Waals surface area contributed by atoms with Crippen LogP contribution in [0.4, 0.5) is 0 Å². The summed E-state index contributed by atoms with van der Waals surface area (Å²) in [6.07, 6.45) is 6.44. The van der Waals surface area contributed by atoms with Crippen molar-refractivity contribution in [2.45, 2.75) is 70.0 Å². The van der Waals surface area contributed by atoms with Crippen molar-refractivity contribution in [1.82, 2.24) is 0 Å². The van der Waals surface area contributed by atoms with Crippen molar-refractivity contribution in [2.24, 2.45) is 5.41 Å². The Morgan fingerprint density at radius 1 is 1.13 bits per heavy atom. The number of cyclic esters (lactones) is 2. The number of ether oxygens (including phenoxy) is 3. The monoisotopic (exact) mass is 490 g/mol. The number of rotatable bonds is 12. The van der Waals surface area contributed by atoms with E-state index in [1.165, 1.54) is 12.8 Å². The molecule has 0 aromatic heterocycles. The molecular weight excluding hydrogens is 459 g/mol. The molecule has 0 saturated carbocycles. The van der Waals surface area contributed by atoms with Crippen LogP contribution in [0.3, 0.4) is 0 Å². The second kappa shape index (κ2) is 15.7. The molecule has 1 N–H and O–H groups in total. The van der Waals surface area contributed by atoms with Crippen LogP contribution >= 0.6 is 0 Å². The first-order valence-electron chi connectivity index (χ1n) is 10.2. The average Bonchev–Trinajstić information content (AvgIpc) is 2.75. The minimum Gasteiger partial charge on any atom is -0.747 e.